The SMILES string of the molecule is CCOc1ccccc1C(O)c1cc(I)ccc1Cl. The van der Waals surface area contributed by atoms with Crippen molar-refractivity contribution < 1.29 is 9.84 Å². The Morgan fingerprint density at radius 1 is 1.21 bits per heavy atom. The molecule has 0 saturated carbocycles. The van der Waals surface area contributed by atoms with Gasteiger partial charge >= 0.3 is 0 Å². The van der Waals surface area contributed by atoms with Crippen LogP contribution in [0.5, 0.6) is 5.75 Å². The third kappa shape index (κ3) is 3.41. The van der Waals surface area contributed by atoms with E-state index in [0.717, 1.165) is 9.13 Å². The Bertz CT molecular complexity index is 572. The van der Waals surface area contributed by atoms with Crippen LogP contribution in [-0.4, -0.2) is 11.7 Å². The number of hydrogen-bond acceptors (Lipinski definition) is 2. The maximum absolute atomic E-state index is 10.5. The smallest absolute Gasteiger partial charge is 0.125 e. The molecule has 0 fully saturated rings. The van der Waals surface area contributed by atoms with Crippen LogP contribution < -0.4 is 4.74 Å². The van der Waals surface area contributed by atoms with Crippen LogP contribution in [0.1, 0.15) is 24.2 Å². The minimum atomic E-state index is -0.787. The third-order valence-electron chi connectivity index (χ3n) is 2.77. The molecule has 0 heterocycles. The molecular formula is C15H14ClIO2. The van der Waals surface area contributed by atoms with E-state index in [1.165, 1.54) is 0 Å². The molecule has 19 heavy (non-hydrogen) atoms. The van der Waals surface area contributed by atoms with Crippen LogP contribution in [0, 0.1) is 3.57 Å². The Labute approximate surface area is 131 Å². The molecule has 0 bridgehead atoms. The summed E-state index contributed by atoms with van der Waals surface area (Å²) in [5.74, 6) is 0.687. The summed E-state index contributed by atoms with van der Waals surface area (Å²) in [7, 11) is 0. The maximum atomic E-state index is 10.5. The highest BCUT2D eigenvalue weighted by molar-refractivity contribution is 14.1. The monoisotopic (exact) mass is 388 g/mol. The minimum absolute atomic E-state index is 0.555. The van der Waals surface area contributed by atoms with Crippen molar-refractivity contribution in [3.63, 3.8) is 0 Å². The second-order valence-electron chi connectivity index (χ2n) is 4.04. The van der Waals surface area contributed by atoms with Gasteiger partial charge in [-0.25, -0.2) is 0 Å². The average Bonchev–Trinajstić information content (AvgIpc) is 2.42. The fourth-order valence-corrected chi connectivity index (χ4v) is 2.62. The van der Waals surface area contributed by atoms with Gasteiger partial charge in [0.05, 0.1) is 6.61 Å². The van der Waals surface area contributed by atoms with E-state index in [2.05, 4.69) is 22.6 Å². The fourth-order valence-electron chi connectivity index (χ4n) is 1.89. The Morgan fingerprint density at radius 3 is 2.68 bits per heavy atom. The quantitative estimate of drug-likeness (QED) is 0.786. The molecule has 2 rings (SSSR count). The molecule has 100 valence electrons. The number of rotatable bonds is 4. The van der Waals surface area contributed by atoms with Gasteiger partial charge in [-0.3, -0.25) is 0 Å². The molecule has 1 N–H and O–H groups in total. The number of halogens is 2. The van der Waals surface area contributed by atoms with E-state index in [0.29, 0.717) is 22.9 Å². The fraction of sp³-hybridized carbons (Fsp3) is 0.200. The van der Waals surface area contributed by atoms with Gasteiger partial charge in [0.1, 0.15) is 11.9 Å². The van der Waals surface area contributed by atoms with Crippen molar-refractivity contribution in [2.24, 2.45) is 0 Å². The van der Waals surface area contributed by atoms with Gasteiger partial charge in [-0.2, -0.15) is 0 Å². The van der Waals surface area contributed by atoms with Crippen LogP contribution in [0.4, 0.5) is 0 Å². The molecule has 2 aromatic carbocycles. The molecule has 1 unspecified atom stereocenters. The first-order valence-electron chi connectivity index (χ1n) is 5.98. The normalized spacial score (nSPS) is 12.2. The van der Waals surface area contributed by atoms with Crippen molar-refractivity contribution in [1.82, 2.24) is 0 Å². The summed E-state index contributed by atoms with van der Waals surface area (Å²) in [6.07, 6.45) is -0.787. The number of aliphatic hydroxyl groups excluding tert-OH is 1. The number of aliphatic hydroxyl groups is 1. The highest BCUT2D eigenvalue weighted by Gasteiger charge is 2.18. The van der Waals surface area contributed by atoms with E-state index < -0.39 is 6.10 Å². The van der Waals surface area contributed by atoms with Crippen LogP contribution in [0.2, 0.25) is 5.02 Å². The Hall–Kier alpha value is -0.780. The van der Waals surface area contributed by atoms with Gasteiger partial charge in [-0.1, -0.05) is 29.8 Å². The predicted molar refractivity (Wildman–Crippen MR) is 85.8 cm³/mol. The largest absolute Gasteiger partial charge is 0.493 e. The van der Waals surface area contributed by atoms with E-state index in [9.17, 15) is 5.11 Å². The lowest BCUT2D eigenvalue weighted by atomic mass is 10.0. The lowest BCUT2D eigenvalue weighted by Crippen LogP contribution is -2.04. The second-order valence-corrected chi connectivity index (χ2v) is 5.69. The highest BCUT2D eigenvalue weighted by Crippen LogP contribution is 2.34. The summed E-state index contributed by atoms with van der Waals surface area (Å²) in [5.41, 5.74) is 1.42. The molecule has 1 atom stereocenters. The number of ether oxygens (including phenoxy) is 1. The third-order valence-corrected chi connectivity index (χ3v) is 3.78. The van der Waals surface area contributed by atoms with Crippen molar-refractivity contribution in [3.8, 4) is 5.75 Å². The van der Waals surface area contributed by atoms with E-state index in [4.69, 9.17) is 16.3 Å². The van der Waals surface area contributed by atoms with Crippen molar-refractivity contribution in [2.75, 3.05) is 6.61 Å². The number of para-hydroxylation sites is 1. The van der Waals surface area contributed by atoms with Crippen LogP contribution in [0.15, 0.2) is 42.5 Å². The van der Waals surface area contributed by atoms with E-state index in [1.54, 1.807) is 6.07 Å². The van der Waals surface area contributed by atoms with Crippen molar-refractivity contribution in [1.29, 1.82) is 0 Å². The van der Waals surface area contributed by atoms with Crippen molar-refractivity contribution >= 4 is 34.2 Å². The average molecular weight is 389 g/mol. The summed E-state index contributed by atoms with van der Waals surface area (Å²) in [5, 5.41) is 11.1. The first-order chi connectivity index (χ1) is 9.13. The van der Waals surface area contributed by atoms with Crippen LogP contribution >= 0.6 is 34.2 Å². The van der Waals surface area contributed by atoms with E-state index >= 15 is 0 Å². The van der Waals surface area contributed by atoms with Crippen LogP contribution in [0.25, 0.3) is 0 Å². The van der Waals surface area contributed by atoms with Crippen molar-refractivity contribution in [2.45, 2.75) is 13.0 Å². The van der Waals surface area contributed by atoms with Crippen LogP contribution in [-0.2, 0) is 0 Å². The lowest BCUT2D eigenvalue weighted by Gasteiger charge is -2.17. The lowest BCUT2D eigenvalue weighted by molar-refractivity contribution is 0.212. The predicted octanol–water partition coefficient (Wildman–Crippen LogP) is 4.43. The second kappa shape index (κ2) is 6.59. The number of hydrogen-bond donors (Lipinski definition) is 1. The Balaban J connectivity index is 2.43. The van der Waals surface area contributed by atoms with E-state index in [1.807, 2.05) is 43.3 Å². The topological polar surface area (TPSA) is 29.5 Å². The van der Waals surface area contributed by atoms with Gasteiger partial charge in [0.25, 0.3) is 0 Å². The highest BCUT2D eigenvalue weighted by atomic mass is 127. The van der Waals surface area contributed by atoms with Gasteiger partial charge in [0, 0.05) is 19.7 Å². The Morgan fingerprint density at radius 2 is 1.95 bits per heavy atom. The Kier molecular flexibility index (Phi) is 5.07. The molecule has 0 aliphatic carbocycles. The molecule has 0 saturated heterocycles. The standard InChI is InChI=1S/C15H14ClIO2/c1-2-19-14-6-4-3-5-11(14)15(18)12-9-10(17)7-8-13(12)16/h3-9,15,18H,2H2,1H3. The molecular weight excluding hydrogens is 375 g/mol. The molecule has 4 heteroatoms. The molecule has 0 amide bonds. The van der Waals surface area contributed by atoms with Gasteiger partial charge in [0.15, 0.2) is 0 Å². The summed E-state index contributed by atoms with van der Waals surface area (Å²) in [6.45, 7) is 2.48. The summed E-state index contributed by atoms with van der Waals surface area (Å²) in [6, 6.07) is 13.1. The molecule has 2 aromatic rings. The minimum Gasteiger partial charge on any atom is -0.493 e. The maximum Gasteiger partial charge on any atom is 0.125 e. The van der Waals surface area contributed by atoms with Gasteiger partial charge < -0.3 is 9.84 Å². The van der Waals surface area contributed by atoms with E-state index in [-0.39, 0.29) is 0 Å². The van der Waals surface area contributed by atoms with Crippen LogP contribution in [0.3, 0.4) is 0 Å². The first kappa shape index (κ1) is 14.6. The molecule has 0 spiro atoms. The summed E-state index contributed by atoms with van der Waals surface area (Å²) in [4.78, 5) is 0. The molecule has 2 nitrogen and oxygen atoms in total. The molecule has 0 aliphatic heterocycles. The number of benzene rings is 2. The molecule has 0 radical (unpaired) electrons. The van der Waals surface area contributed by atoms with Gasteiger partial charge in [-0.05, 0) is 53.8 Å². The zero-order chi connectivity index (χ0) is 13.8. The van der Waals surface area contributed by atoms with Crippen molar-refractivity contribution in [3.05, 3.63) is 62.2 Å². The summed E-state index contributed by atoms with van der Waals surface area (Å²) < 4.78 is 6.58. The first-order valence-corrected chi connectivity index (χ1v) is 7.44. The van der Waals surface area contributed by atoms with Gasteiger partial charge in [-0.15, -0.1) is 0 Å². The zero-order valence-electron chi connectivity index (χ0n) is 10.4. The molecule has 0 aromatic heterocycles. The summed E-state index contributed by atoms with van der Waals surface area (Å²) >= 11 is 8.37. The molecule has 0 aliphatic rings. The zero-order valence-corrected chi connectivity index (χ0v) is 13.4. The van der Waals surface area contributed by atoms with Gasteiger partial charge in [0.2, 0.25) is 0 Å².